The molecule has 1 saturated heterocycles. The molecule has 3 heteroatoms. The summed E-state index contributed by atoms with van der Waals surface area (Å²) in [6, 6.07) is 0.455. The Morgan fingerprint density at radius 2 is 2.06 bits per heavy atom. The third-order valence-electron chi connectivity index (χ3n) is 4.38. The highest BCUT2D eigenvalue weighted by atomic mass is 16.2. The minimum Gasteiger partial charge on any atom is -0.339 e. The fourth-order valence-electron chi connectivity index (χ4n) is 3.31. The van der Waals surface area contributed by atoms with Crippen LogP contribution in [0.2, 0.25) is 0 Å². The van der Waals surface area contributed by atoms with Gasteiger partial charge in [0.25, 0.3) is 0 Å². The molecule has 98 valence electrons. The number of amides is 1. The van der Waals surface area contributed by atoms with Gasteiger partial charge in [-0.3, -0.25) is 4.79 Å². The number of hydrogen-bond donors (Lipinski definition) is 1. The van der Waals surface area contributed by atoms with Crippen molar-refractivity contribution in [2.45, 2.75) is 57.9 Å². The first-order valence-corrected chi connectivity index (χ1v) is 7.31. The fraction of sp³-hybridized carbons (Fsp3) is 0.929. The van der Waals surface area contributed by atoms with Crippen LogP contribution in [-0.4, -0.2) is 36.5 Å². The van der Waals surface area contributed by atoms with Crippen LogP contribution in [0.5, 0.6) is 0 Å². The lowest BCUT2D eigenvalue weighted by atomic mass is 10.0. The summed E-state index contributed by atoms with van der Waals surface area (Å²) in [7, 11) is 0. The van der Waals surface area contributed by atoms with Crippen molar-refractivity contribution in [3.05, 3.63) is 0 Å². The van der Waals surface area contributed by atoms with Crippen LogP contribution in [0.1, 0.15) is 51.9 Å². The van der Waals surface area contributed by atoms with Crippen molar-refractivity contribution < 1.29 is 4.79 Å². The topological polar surface area (TPSA) is 32.3 Å². The van der Waals surface area contributed by atoms with E-state index in [0.717, 1.165) is 44.8 Å². The number of likely N-dealkylation sites (N-methyl/N-ethyl adjacent to an activating group) is 1. The molecular weight excluding hydrogens is 212 g/mol. The minimum atomic E-state index is 0.382. The van der Waals surface area contributed by atoms with Gasteiger partial charge >= 0.3 is 0 Å². The van der Waals surface area contributed by atoms with Crippen LogP contribution in [0.3, 0.4) is 0 Å². The Kier molecular flexibility index (Phi) is 4.84. The molecule has 2 aliphatic rings. The number of carbonyl (C=O) groups is 1. The lowest BCUT2D eigenvalue weighted by Crippen LogP contribution is -2.41. The third kappa shape index (κ3) is 3.44. The maximum atomic E-state index is 12.2. The van der Waals surface area contributed by atoms with Gasteiger partial charge in [0.05, 0.1) is 0 Å². The summed E-state index contributed by atoms with van der Waals surface area (Å²) in [5, 5.41) is 3.35. The van der Waals surface area contributed by atoms with E-state index < -0.39 is 0 Å². The van der Waals surface area contributed by atoms with Gasteiger partial charge in [0.15, 0.2) is 0 Å². The number of rotatable bonds is 5. The molecular formula is C14H26N2O. The predicted octanol–water partition coefficient (Wildman–Crippen LogP) is 2.17. The van der Waals surface area contributed by atoms with E-state index in [1.165, 1.54) is 25.7 Å². The molecule has 1 aliphatic carbocycles. The van der Waals surface area contributed by atoms with Crippen molar-refractivity contribution in [1.82, 2.24) is 10.2 Å². The quantitative estimate of drug-likeness (QED) is 0.796. The monoisotopic (exact) mass is 238 g/mol. The summed E-state index contributed by atoms with van der Waals surface area (Å²) in [5.74, 6) is 1.22. The van der Waals surface area contributed by atoms with Crippen molar-refractivity contribution in [2.24, 2.45) is 5.92 Å². The number of carbonyl (C=O) groups excluding carboxylic acids is 1. The molecule has 2 fully saturated rings. The largest absolute Gasteiger partial charge is 0.339 e. The molecule has 0 aromatic heterocycles. The number of nitrogens with one attached hydrogen (secondary N) is 1. The van der Waals surface area contributed by atoms with Crippen LogP contribution >= 0.6 is 0 Å². The minimum absolute atomic E-state index is 0.382. The van der Waals surface area contributed by atoms with E-state index in [9.17, 15) is 4.79 Å². The maximum Gasteiger partial charge on any atom is 0.222 e. The van der Waals surface area contributed by atoms with Crippen LogP contribution in [0.15, 0.2) is 0 Å². The fourth-order valence-corrected chi connectivity index (χ4v) is 3.31. The molecule has 1 amide bonds. The Balaban J connectivity index is 1.75. The van der Waals surface area contributed by atoms with Crippen molar-refractivity contribution in [3.8, 4) is 0 Å². The molecule has 0 aromatic carbocycles. The van der Waals surface area contributed by atoms with Gasteiger partial charge in [0, 0.05) is 25.6 Å². The molecule has 0 radical (unpaired) electrons. The van der Waals surface area contributed by atoms with Crippen LogP contribution in [0, 0.1) is 5.92 Å². The van der Waals surface area contributed by atoms with Crippen LogP contribution in [0.25, 0.3) is 0 Å². The highest BCUT2D eigenvalue weighted by Gasteiger charge is 2.25. The Bertz CT molecular complexity index is 243. The summed E-state index contributed by atoms with van der Waals surface area (Å²) in [5.41, 5.74) is 0. The summed E-state index contributed by atoms with van der Waals surface area (Å²) < 4.78 is 0. The second-order valence-corrected chi connectivity index (χ2v) is 5.52. The molecule has 1 N–H and O–H groups in total. The van der Waals surface area contributed by atoms with E-state index in [1.54, 1.807) is 0 Å². The first-order valence-electron chi connectivity index (χ1n) is 7.31. The first kappa shape index (κ1) is 12.9. The zero-order valence-corrected chi connectivity index (χ0v) is 11.1. The smallest absolute Gasteiger partial charge is 0.222 e. The standard InChI is InChI=1S/C14H26N2O/c1-2-16(13-9-10-15-11-13)14(17)8-7-12-5-3-4-6-12/h12-13,15H,2-11H2,1H3. The van der Waals surface area contributed by atoms with Crippen molar-refractivity contribution in [2.75, 3.05) is 19.6 Å². The Morgan fingerprint density at radius 1 is 1.29 bits per heavy atom. The Hall–Kier alpha value is -0.570. The number of nitrogens with zero attached hydrogens (tertiary/aromatic N) is 1. The van der Waals surface area contributed by atoms with Gasteiger partial charge < -0.3 is 10.2 Å². The van der Waals surface area contributed by atoms with Gasteiger partial charge in [-0.15, -0.1) is 0 Å². The first-order chi connectivity index (χ1) is 8.31. The average Bonchev–Trinajstić information content (AvgIpc) is 3.00. The van der Waals surface area contributed by atoms with Gasteiger partial charge in [-0.2, -0.15) is 0 Å². The van der Waals surface area contributed by atoms with E-state index in [-0.39, 0.29) is 0 Å². The molecule has 1 atom stereocenters. The zero-order chi connectivity index (χ0) is 12.1. The molecule has 0 bridgehead atoms. The molecule has 0 aromatic rings. The molecule has 1 unspecified atom stereocenters. The summed E-state index contributed by atoms with van der Waals surface area (Å²) in [6.07, 6.45) is 8.48. The Morgan fingerprint density at radius 3 is 2.65 bits per heavy atom. The van der Waals surface area contributed by atoms with Gasteiger partial charge in [0.1, 0.15) is 0 Å². The van der Waals surface area contributed by atoms with Gasteiger partial charge in [-0.1, -0.05) is 25.7 Å². The molecule has 1 aliphatic heterocycles. The maximum absolute atomic E-state index is 12.2. The van der Waals surface area contributed by atoms with Gasteiger partial charge in [-0.05, 0) is 32.2 Å². The van der Waals surface area contributed by atoms with Gasteiger partial charge in [0.2, 0.25) is 5.91 Å². The molecule has 0 spiro atoms. The Labute approximate surface area is 105 Å². The summed E-state index contributed by atoms with van der Waals surface area (Å²) in [4.78, 5) is 14.3. The second kappa shape index (κ2) is 6.39. The summed E-state index contributed by atoms with van der Waals surface area (Å²) in [6.45, 7) is 5.03. The highest BCUT2D eigenvalue weighted by molar-refractivity contribution is 5.76. The lowest BCUT2D eigenvalue weighted by Gasteiger charge is -2.27. The third-order valence-corrected chi connectivity index (χ3v) is 4.38. The van der Waals surface area contributed by atoms with Crippen molar-refractivity contribution in [3.63, 3.8) is 0 Å². The van der Waals surface area contributed by atoms with E-state index >= 15 is 0 Å². The SMILES string of the molecule is CCN(C(=O)CCC1CCCC1)C1CCNC1. The molecule has 17 heavy (non-hydrogen) atoms. The van der Waals surface area contributed by atoms with Crippen molar-refractivity contribution >= 4 is 5.91 Å². The molecule has 3 nitrogen and oxygen atoms in total. The van der Waals surface area contributed by atoms with Crippen molar-refractivity contribution in [1.29, 1.82) is 0 Å². The normalized spacial score (nSPS) is 25.4. The van der Waals surface area contributed by atoms with E-state index in [4.69, 9.17) is 0 Å². The van der Waals surface area contributed by atoms with Crippen LogP contribution in [-0.2, 0) is 4.79 Å². The lowest BCUT2D eigenvalue weighted by molar-refractivity contribution is -0.133. The van der Waals surface area contributed by atoms with Gasteiger partial charge in [-0.25, -0.2) is 0 Å². The number of hydrogen-bond acceptors (Lipinski definition) is 2. The predicted molar refractivity (Wildman–Crippen MR) is 69.9 cm³/mol. The zero-order valence-electron chi connectivity index (χ0n) is 11.1. The highest BCUT2D eigenvalue weighted by Crippen LogP contribution is 2.28. The molecule has 1 heterocycles. The van der Waals surface area contributed by atoms with E-state index in [0.29, 0.717) is 11.9 Å². The average molecular weight is 238 g/mol. The molecule has 2 rings (SSSR count). The molecule has 1 saturated carbocycles. The van der Waals surface area contributed by atoms with E-state index in [1.807, 2.05) is 0 Å². The van der Waals surface area contributed by atoms with Crippen LogP contribution < -0.4 is 5.32 Å². The second-order valence-electron chi connectivity index (χ2n) is 5.52. The van der Waals surface area contributed by atoms with E-state index in [2.05, 4.69) is 17.1 Å². The van der Waals surface area contributed by atoms with Crippen LogP contribution in [0.4, 0.5) is 0 Å². The summed E-state index contributed by atoms with van der Waals surface area (Å²) >= 11 is 0.